The first-order valence-corrected chi connectivity index (χ1v) is 9.50. The van der Waals surface area contributed by atoms with E-state index in [1.165, 1.54) is 5.56 Å². The summed E-state index contributed by atoms with van der Waals surface area (Å²) >= 11 is 0. The quantitative estimate of drug-likeness (QED) is 0.624. The number of carbonyl (C=O) groups excluding carboxylic acids is 1. The van der Waals surface area contributed by atoms with Gasteiger partial charge in [-0.25, -0.2) is 0 Å². The predicted molar refractivity (Wildman–Crippen MR) is 108 cm³/mol. The van der Waals surface area contributed by atoms with Crippen LogP contribution in [0.1, 0.15) is 57.9 Å². The van der Waals surface area contributed by atoms with Gasteiger partial charge in [0.1, 0.15) is 18.1 Å². The van der Waals surface area contributed by atoms with E-state index in [0.717, 1.165) is 23.3 Å². The summed E-state index contributed by atoms with van der Waals surface area (Å²) in [5, 5.41) is 7.04. The Hall–Kier alpha value is -3.08. The fourth-order valence-electron chi connectivity index (χ4n) is 3.05. The molecule has 0 bridgehead atoms. The van der Waals surface area contributed by atoms with Crippen LogP contribution in [0.3, 0.4) is 0 Å². The standard InChI is InChI=1S/C23H26N2O3/c1-5-21(18-11-9-15(2)10-12-18)24-23(26)22-20(17(4)28-25-22)14-27-19-8-6-7-16(3)13-19/h6-13,21H,5,14H2,1-4H3,(H,24,26). The lowest BCUT2D eigenvalue weighted by Crippen LogP contribution is -2.29. The first-order chi connectivity index (χ1) is 13.5. The molecular weight excluding hydrogens is 352 g/mol. The van der Waals surface area contributed by atoms with Crippen LogP contribution in [0.25, 0.3) is 0 Å². The van der Waals surface area contributed by atoms with Gasteiger partial charge in [0.25, 0.3) is 5.91 Å². The van der Waals surface area contributed by atoms with E-state index in [9.17, 15) is 4.79 Å². The molecule has 1 atom stereocenters. The Morgan fingerprint density at radius 1 is 1.11 bits per heavy atom. The molecule has 28 heavy (non-hydrogen) atoms. The minimum absolute atomic E-state index is 0.0874. The lowest BCUT2D eigenvalue weighted by Gasteiger charge is -2.17. The van der Waals surface area contributed by atoms with Crippen LogP contribution >= 0.6 is 0 Å². The molecule has 0 saturated heterocycles. The average molecular weight is 378 g/mol. The molecule has 5 nitrogen and oxygen atoms in total. The zero-order chi connectivity index (χ0) is 20.1. The average Bonchev–Trinajstić information content (AvgIpc) is 3.06. The number of carbonyl (C=O) groups is 1. The largest absolute Gasteiger partial charge is 0.489 e. The Balaban J connectivity index is 1.74. The van der Waals surface area contributed by atoms with Crippen molar-refractivity contribution in [2.45, 2.75) is 46.8 Å². The van der Waals surface area contributed by atoms with Crippen molar-refractivity contribution in [3.05, 3.63) is 82.2 Å². The van der Waals surface area contributed by atoms with Gasteiger partial charge in [-0.05, 0) is 50.5 Å². The monoisotopic (exact) mass is 378 g/mol. The van der Waals surface area contributed by atoms with Gasteiger partial charge in [0.15, 0.2) is 5.69 Å². The molecule has 0 aliphatic carbocycles. The summed E-state index contributed by atoms with van der Waals surface area (Å²) in [6, 6.07) is 15.9. The van der Waals surface area contributed by atoms with Crippen molar-refractivity contribution in [2.75, 3.05) is 0 Å². The Morgan fingerprint density at radius 2 is 1.86 bits per heavy atom. The summed E-state index contributed by atoms with van der Waals surface area (Å²) in [5.41, 5.74) is 4.31. The normalized spacial score (nSPS) is 11.9. The van der Waals surface area contributed by atoms with E-state index in [1.54, 1.807) is 6.92 Å². The first kappa shape index (κ1) is 19.7. The number of nitrogens with one attached hydrogen (secondary N) is 1. The molecule has 0 fully saturated rings. The van der Waals surface area contributed by atoms with Gasteiger partial charge in [0.05, 0.1) is 11.6 Å². The van der Waals surface area contributed by atoms with Gasteiger partial charge in [-0.3, -0.25) is 4.79 Å². The van der Waals surface area contributed by atoms with Crippen molar-refractivity contribution < 1.29 is 14.1 Å². The maximum absolute atomic E-state index is 12.9. The number of aryl methyl sites for hydroxylation is 3. The molecule has 1 aromatic heterocycles. The maximum Gasteiger partial charge on any atom is 0.274 e. The number of nitrogens with zero attached hydrogens (tertiary/aromatic N) is 1. The minimum atomic E-state index is -0.257. The van der Waals surface area contributed by atoms with Crippen LogP contribution in [0.5, 0.6) is 5.75 Å². The second kappa shape index (κ2) is 8.74. The van der Waals surface area contributed by atoms with Gasteiger partial charge in [-0.1, -0.05) is 54.0 Å². The Bertz CT molecular complexity index is 945. The molecule has 0 aliphatic rings. The molecule has 0 spiro atoms. The van der Waals surface area contributed by atoms with Crippen molar-refractivity contribution in [1.82, 2.24) is 10.5 Å². The van der Waals surface area contributed by atoms with Gasteiger partial charge in [-0.15, -0.1) is 0 Å². The van der Waals surface area contributed by atoms with Gasteiger partial charge in [0.2, 0.25) is 0 Å². The van der Waals surface area contributed by atoms with Crippen LogP contribution in [0, 0.1) is 20.8 Å². The number of benzene rings is 2. The van der Waals surface area contributed by atoms with Crippen molar-refractivity contribution >= 4 is 5.91 Å². The topological polar surface area (TPSA) is 64.4 Å². The highest BCUT2D eigenvalue weighted by molar-refractivity contribution is 5.94. The highest BCUT2D eigenvalue weighted by Gasteiger charge is 2.23. The Kier molecular flexibility index (Phi) is 6.14. The van der Waals surface area contributed by atoms with E-state index >= 15 is 0 Å². The summed E-state index contributed by atoms with van der Waals surface area (Å²) in [4.78, 5) is 12.9. The first-order valence-electron chi connectivity index (χ1n) is 9.50. The number of amides is 1. The summed E-state index contributed by atoms with van der Waals surface area (Å²) in [7, 11) is 0. The third kappa shape index (κ3) is 4.60. The van der Waals surface area contributed by atoms with Crippen LogP contribution in [0.2, 0.25) is 0 Å². The number of ether oxygens (including phenoxy) is 1. The molecule has 3 aromatic rings. The fourth-order valence-corrected chi connectivity index (χ4v) is 3.05. The van der Waals surface area contributed by atoms with E-state index in [0.29, 0.717) is 11.3 Å². The maximum atomic E-state index is 12.9. The van der Waals surface area contributed by atoms with Crippen LogP contribution < -0.4 is 10.1 Å². The van der Waals surface area contributed by atoms with E-state index in [2.05, 4.69) is 10.5 Å². The van der Waals surface area contributed by atoms with E-state index in [1.807, 2.05) is 69.3 Å². The van der Waals surface area contributed by atoms with E-state index in [-0.39, 0.29) is 24.2 Å². The van der Waals surface area contributed by atoms with Crippen LogP contribution in [0.4, 0.5) is 0 Å². The zero-order valence-electron chi connectivity index (χ0n) is 16.8. The summed E-state index contributed by atoms with van der Waals surface area (Å²) < 4.78 is 11.1. The lowest BCUT2D eigenvalue weighted by atomic mass is 10.0. The molecule has 5 heteroatoms. The van der Waals surface area contributed by atoms with Crippen LogP contribution in [0.15, 0.2) is 53.1 Å². The highest BCUT2D eigenvalue weighted by Crippen LogP contribution is 2.21. The SMILES string of the molecule is CCC(NC(=O)c1noc(C)c1COc1cccc(C)c1)c1ccc(C)cc1. The number of hydrogen-bond donors (Lipinski definition) is 1. The zero-order valence-corrected chi connectivity index (χ0v) is 16.8. The van der Waals surface area contributed by atoms with E-state index in [4.69, 9.17) is 9.26 Å². The molecule has 1 unspecified atom stereocenters. The number of hydrogen-bond acceptors (Lipinski definition) is 4. The second-order valence-corrected chi connectivity index (χ2v) is 7.02. The second-order valence-electron chi connectivity index (χ2n) is 7.02. The minimum Gasteiger partial charge on any atom is -0.489 e. The van der Waals surface area contributed by atoms with Gasteiger partial charge >= 0.3 is 0 Å². The Morgan fingerprint density at radius 3 is 2.54 bits per heavy atom. The lowest BCUT2D eigenvalue weighted by molar-refractivity contribution is 0.0924. The smallest absolute Gasteiger partial charge is 0.274 e. The summed E-state index contributed by atoms with van der Waals surface area (Å²) in [6.45, 7) is 8.10. The highest BCUT2D eigenvalue weighted by atomic mass is 16.5. The van der Waals surface area contributed by atoms with Crippen molar-refractivity contribution in [3.8, 4) is 5.75 Å². The van der Waals surface area contributed by atoms with Crippen LogP contribution in [-0.4, -0.2) is 11.1 Å². The molecule has 146 valence electrons. The van der Waals surface area contributed by atoms with Crippen molar-refractivity contribution in [2.24, 2.45) is 0 Å². The molecule has 2 aromatic carbocycles. The van der Waals surface area contributed by atoms with Gasteiger partial charge < -0.3 is 14.6 Å². The molecular formula is C23H26N2O3. The van der Waals surface area contributed by atoms with Crippen LogP contribution in [-0.2, 0) is 6.61 Å². The third-order valence-corrected chi connectivity index (χ3v) is 4.77. The van der Waals surface area contributed by atoms with E-state index < -0.39 is 0 Å². The molecule has 1 amide bonds. The molecule has 0 saturated carbocycles. The fraction of sp³-hybridized carbons (Fsp3) is 0.304. The number of aromatic nitrogens is 1. The molecule has 0 aliphatic heterocycles. The van der Waals surface area contributed by atoms with Gasteiger partial charge in [-0.2, -0.15) is 0 Å². The molecule has 0 radical (unpaired) electrons. The number of rotatable bonds is 7. The van der Waals surface area contributed by atoms with Crippen molar-refractivity contribution in [3.63, 3.8) is 0 Å². The molecule has 1 heterocycles. The summed E-state index contributed by atoms with van der Waals surface area (Å²) in [6.07, 6.45) is 0.779. The molecule has 1 N–H and O–H groups in total. The third-order valence-electron chi connectivity index (χ3n) is 4.77. The van der Waals surface area contributed by atoms with Gasteiger partial charge in [0, 0.05) is 0 Å². The predicted octanol–water partition coefficient (Wildman–Crippen LogP) is 5.06. The molecule has 3 rings (SSSR count). The summed E-state index contributed by atoms with van der Waals surface area (Å²) in [5.74, 6) is 1.08. The Labute approximate surface area is 165 Å². The van der Waals surface area contributed by atoms with Crippen molar-refractivity contribution in [1.29, 1.82) is 0 Å².